The molecule has 0 spiro atoms. The van der Waals surface area contributed by atoms with Crippen molar-refractivity contribution in [2.24, 2.45) is 0 Å². The molecule has 0 amide bonds. The molecule has 156 valence electrons. The molecule has 0 unspecified atom stereocenters. The number of benzene rings is 2. The molecule has 0 bridgehead atoms. The summed E-state index contributed by atoms with van der Waals surface area (Å²) in [7, 11) is 0. The second kappa shape index (κ2) is 11.4. The van der Waals surface area contributed by atoms with Gasteiger partial charge in [-0.15, -0.1) is 0 Å². The second-order valence-electron chi connectivity index (χ2n) is 5.78. The zero-order chi connectivity index (χ0) is 22.6. The van der Waals surface area contributed by atoms with E-state index in [9.17, 15) is 14.4 Å². The minimum Gasteiger partial charge on any atom is -0.478 e. The van der Waals surface area contributed by atoms with Crippen molar-refractivity contribution in [1.82, 2.24) is 15.0 Å². The summed E-state index contributed by atoms with van der Waals surface area (Å²) >= 11 is 0. The fourth-order valence-electron chi connectivity index (χ4n) is 2.22. The van der Waals surface area contributed by atoms with Gasteiger partial charge in [0.1, 0.15) is 5.69 Å². The number of aromatic carboxylic acids is 3. The Hall–Kier alpha value is -4.66. The Kier molecular flexibility index (Phi) is 8.30. The molecule has 4 rings (SSSR count). The third-order valence-corrected chi connectivity index (χ3v) is 3.66. The minimum absolute atomic E-state index is 0.0301. The molecular weight excluding hydrogens is 402 g/mol. The maximum Gasteiger partial charge on any atom is 0.356 e. The Morgan fingerprint density at radius 3 is 1.74 bits per heavy atom. The number of carboxylic acids is 3. The van der Waals surface area contributed by atoms with Gasteiger partial charge in [0.15, 0.2) is 5.69 Å². The normalized spacial score (nSPS) is 9.42. The number of carboxylic acid groups (broad SMARTS) is 3. The maximum absolute atomic E-state index is 10.6. The van der Waals surface area contributed by atoms with Crippen molar-refractivity contribution in [1.29, 1.82) is 0 Å². The zero-order valence-electron chi connectivity index (χ0n) is 16.0. The monoisotopic (exact) mass is 419 g/mol. The van der Waals surface area contributed by atoms with Gasteiger partial charge >= 0.3 is 17.9 Å². The van der Waals surface area contributed by atoms with Crippen molar-refractivity contribution in [2.75, 3.05) is 0 Å². The molecule has 0 aliphatic carbocycles. The first kappa shape index (κ1) is 22.6. The van der Waals surface area contributed by atoms with Gasteiger partial charge in [0.05, 0.1) is 11.8 Å². The van der Waals surface area contributed by atoms with Crippen LogP contribution in [0.1, 0.15) is 31.3 Å². The van der Waals surface area contributed by atoms with Gasteiger partial charge in [0, 0.05) is 18.6 Å². The van der Waals surface area contributed by atoms with Crippen LogP contribution in [0.2, 0.25) is 0 Å². The average molecular weight is 419 g/mol. The van der Waals surface area contributed by atoms with Crippen LogP contribution in [0.25, 0.3) is 10.8 Å². The highest BCUT2D eigenvalue weighted by Crippen LogP contribution is 2.15. The quantitative estimate of drug-likeness (QED) is 0.453. The summed E-state index contributed by atoms with van der Waals surface area (Å²) in [6, 6.07) is 17.6. The molecule has 2 aromatic carbocycles. The van der Waals surface area contributed by atoms with Crippen LogP contribution in [0.3, 0.4) is 0 Å². The van der Waals surface area contributed by atoms with E-state index in [2.05, 4.69) is 15.0 Å². The fraction of sp³-hybridized carbons (Fsp3) is 0. The first-order valence-corrected chi connectivity index (χ1v) is 8.74. The standard InChI is InChI=1S/C11H8O2.C6H5NO2.C5H4N2O2/c12-11(13)10-6-5-8-3-1-2-4-9(8)7-10;8-6(9)5-3-1-2-4-7-5;8-5(9)4-3-6-1-2-7-4/h1-7H,(H,12,13);1-4H,(H,8,9);1-3H,(H,8,9). The van der Waals surface area contributed by atoms with Crippen LogP contribution < -0.4 is 0 Å². The summed E-state index contributed by atoms with van der Waals surface area (Å²) in [5, 5.41) is 27.4. The lowest BCUT2D eigenvalue weighted by atomic mass is 10.1. The van der Waals surface area contributed by atoms with Crippen molar-refractivity contribution in [3.8, 4) is 0 Å². The average Bonchev–Trinajstić information content (AvgIpc) is 2.80. The zero-order valence-corrected chi connectivity index (χ0v) is 16.0. The van der Waals surface area contributed by atoms with E-state index in [-0.39, 0.29) is 11.4 Å². The third-order valence-electron chi connectivity index (χ3n) is 3.66. The lowest BCUT2D eigenvalue weighted by Gasteiger charge is -1.98. The van der Waals surface area contributed by atoms with Gasteiger partial charge in [-0.25, -0.2) is 24.4 Å². The summed E-state index contributed by atoms with van der Waals surface area (Å²) in [5.74, 6) is -2.93. The summed E-state index contributed by atoms with van der Waals surface area (Å²) in [6.07, 6.45) is 5.40. The smallest absolute Gasteiger partial charge is 0.356 e. The lowest BCUT2D eigenvalue weighted by molar-refractivity contribution is 0.0679. The Bertz CT molecular complexity index is 1120. The van der Waals surface area contributed by atoms with E-state index < -0.39 is 17.9 Å². The summed E-state index contributed by atoms with van der Waals surface area (Å²) < 4.78 is 0. The fourth-order valence-corrected chi connectivity index (χ4v) is 2.22. The van der Waals surface area contributed by atoms with Gasteiger partial charge in [-0.3, -0.25) is 4.98 Å². The number of hydrogen-bond acceptors (Lipinski definition) is 6. The molecule has 0 radical (unpaired) electrons. The van der Waals surface area contributed by atoms with Gasteiger partial charge < -0.3 is 15.3 Å². The van der Waals surface area contributed by atoms with E-state index in [1.54, 1.807) is 24.3 Å². The highest BCUT2D eigenvalue weighted by Gasteiger charge is 2.02. The number of aromatic nitrogens is 3. The van der Waals surface area contributed by atoms with E-state index in [0.29, 0.717) is 5.56 Å². The molecule has 2 heterocycles. The van der Waals surface area contributed by atoms with Crippen molar-refractivity contribution >= 4 is 28.7 Å². The van der Waals surface area contributed by atoms with E-state index in [1.807, 2.05) is 30.3 Å². The van der Waals surface area contributed by atoms with Crippen LogP contribution >= 0.6 is 0 Å². The summed E-state index contributed by atoms with van der Waals surface area (Å²) in [4.78, 5) is 41.5. The molecule has 0 aliphatic rings. The lowest BCUT2D eigenvalue weighted by Crippen LogP contribution is -1.99. The summed E-state index contributed by atoms with van der Waals surface area (Å²) in [5.41, 5.74) is 0.383. The molecule has 2 aromatic heterocycles. The Balaban J connectivity index is 0.000000170. The van der Waals surface area contributed by atoms with Crippen molar-refractivity contribution < 1.29 is 29.7 Å². The number of nitrogens with zero attached hydrogens (tertiary/aromatic N) is 3. The SMILES string of the molecule is O=C(O)c1ccc2ccccc2c1.O=C(O)c1ccccn1.O=C(O)c1cnccn1. The van der Waals surface area contributed by atoms with Crippen molar-refractivity contribution in [3.05, 3.63) is 102 Å². The second-order valence-corrected chi connectivity index (χ2v) is 5.78. The van der Waals surface area contributed by atoms with E-state index in [1.165, 1.54) is 30.9 Å². The molecule has 0 saturated carbocycles. The van der Waals surface area contributed by atoms with Crippen LogP contribution in [0, 0.1) is 0 Å². The minimum atomic E-state index is -1.05. The predicted octanol–water partition coefficient (Wildman–Crippen LogP) is 3.49. The van der Waals surface area contributed by atoms with Gasteiger partial charge in [0.2, 0.25) is 0 Å². The van der Waals surface area contributed by atoms with Gasteiger partial charge in [-0.05, 0) is 35.0 Å². The van der Waals surface area contributed by atoms with Crippen LogP contribution in [0.5, 0.6) is 0 Å². The van der Waals surface area contributed by atoms with Crippen LogP contribution in [-0.4, -0.2) is 48.2 Å². The van der Waals surface area contributed by atoms with E-state index in [4.69, 9.17) is 15.3 Å². The highest BCUT2D eigenvalue weighted by atomic mass is 16.4. The van der Waals surface area contributed by atoms with E-state index >= 15 is 0 Å². The molecule has 9 nitrogen and oxygen atoms in total. The first-order chi connectivity index (χ1) is 14.9. The van der Waals surface area contributed by atoms with Crippen molar-refractivity contribution in [3.63, 3.8) is 0 Å². The number of hydrogen-bond donors (Lipinski definition) is 3. The number of fused-ring (bicyclic) bond motifs is 1. The third kappa shape index (κ3) is 7.35. The molecular formula is C22H17N3O6. The van der Waals surface area contributed by atoms with Gasteiger partial charge in [-0.1, -0.05) is 36.4 Å². The Morgan fingerprint density at radius 1 is 0.613 bits per heavy atom. The van der Waals surface area contributed by atoms with Crippen LogP contribution in [0.4, 0.5) is 0 Å². The molecule has 3 N–H and O–H groups in total. The molecule has 9 heteroatoms. The maximum atomic E-state index is 10.6. The topological polar surface area (TPSA) is 151 Å². The molecule has 0 fully saturated rings. The Labute approximate surface area is 176 Å². The molecule has 31 heavy (non-hydrogen) atoms. The molecule has 0 atom stereocenters. The number of carbonyl (C=O) groups is 3. The summed E-state index contributed by atoms with van der Waals surface area (Å²) in [6.45, 7) is 0. The van der Waals surface area contributed by atoms with Crippen LogP contribution in [0.15, 0.2) is 85.5 Å². The largest absolute Gasteiger partial charge is 0.478 e. The van der Waals surface area contributed by atoms with Crippen LogP contribution in [-0.2, 0) is 0 Å². The highest BCUT2D eigenvalue weighted by molar-refractivity contribution is 5.94. The van der Waals surface area contributed by atoms with Crippen molar-refractivity contribution in [2.45, 2.75) is 0 Å². The molecule has 0 aliphatic heterocycles. The Morgan fingerprint density at radius 2 is 1.26 bits per heavy atom. The van der Waals surface area contributed by atoms with Gasteiger partial charge in [0.25, 0.3) is 0 Å². The molecule has 4 aromatic rings. The first-order valence-electron chi connectivity index (χ1n) is 8.74. The predicted molar refractivity (Wildman–Crippen MR) is 111 cm³/mol. The number of rotatable bonds is 3. The molecule has 0 saturated heterocycles. The van der Waals surface area contributed by atoms with E-state index in [0.717, 1.165) is 10.8 Å². The number of pyridine rings is 1. The van der Waals surface area contributed by atoms with Gasteiger partial charge in [-0.2, -0.15) is 0 Å².